The number of carboxylic acid groups (broad SMARTS) is 1. The normalized spacial score (nSPS) is 12.0. The number of carbonyl (C=O) groups excluding carboxylic acids is 3. The first kappa shape index (κ1) is 58.1. The van der Waals surface area contributed by atoms with Crippen LogP contribution in [0.3, 0.4) is 0 Å². The van der Waals surface area contributed by atoms with Gasteiger partial charge in [0.05, 0.1) is 42.4 Å². The van der Waals surface area contributed by atoms with E-state index in [9.17, 15) is 28.0 Å². The van der Waals surface area contributed by atoms with E-state index in [1.165, 1.54) is 48.0 Å². The van der Waals surface area contributed by atoms with Gasteiger partial charge in [-0.1, -0.05) is 37.1 Å². The van der Waals surface area contributed by atoms with E-state index in [4.69, 9.17) is 31.3 Å². The Bertz CT molecular complexity index is 2440. The number of ether oxygens (including phenoxy) is 2. The van der Waals surface area contributed by atoms with Gasteiger partial charge in [-0.25, -0.2) is 33.5 Å². The maximum Gasteiger partial charge on any atom is 0.412 e. The third-order valence-electron chi connectivity index (χ3n) is 10.0. The van der Waals surface area contributed by atoms with Crippen molar-refractivity contribution in [2.75, 3.05) is 25.6 Å². The minimum absolute atomic E-state index is 0. The number of nitrogens with one attached hydrogen (secondary N) is 4. The summed E-state index contributed by atoms with van der Waals surface area (Å²) >= 11 is 6.01. The second-order valence-corrected chi connectivity index (χ2v) is 16.7. The number of nitrogens with zero attached hydrogens (tertiary/aromatic N) is 5. The molecule has 0 aliphatic rings. The lowest BCUT2D eigenvalue weighted by atomic mass is 10.00. The molecule has 0 bridgehead atoms. The number of halogens is 3. The molecule has 6 aromatic rings. The average molecular weight is 1000 g/mol. The van der Waals surface area contributed by atoms with Crippen molar-refractivity contribution in [3.63, 3.8) is 0 Å². The van der Waals surface area contributed by atoms with Crippen LogP contribution in [0.15, 0.2) is 86.2 Å². The van der Waals surface area contributed by atoms with Crippen molar-refractivity contribution >= 4 is 79.1 Å². The highest BCUT2D eigenvalue weighted by Crippen LogP contribution is 2.22. The molecule has 3 atom stereocenters. The number of hydrogen-bond donors (Lipinski definition) is 6. The van der Waals surface area contributed by atoms with Crippen LogP contribution < -0.4 is 5.32 Å². The number of carboxylic acids is 1. The fourth-order valence-electron chi connectivity index (χ4n) is 6.35. The van der Waals surface area contributed by atoms with Crippen LogP contribution in [0, 0.1) is 23.5 Å². The van der Waals surface area contributed by atoms with Gasteiger partial charge in [-0.2, -0.15) is 27.0 Å². The van der Waals surface area contributed by atoms with Crippen molar-refractivity contribution in [3.8, 4) is 0 Å². The highest BCUT2D eigenvalue weighted by molar-refractivity contribution is 7.59. The minimum Gasteiger partial charge on any atom is -0.481 e. The summed E-state index contributed by atoms with van der Waals surface area (Å²) in [5, 5.41) is 21.8. The molecule has 22 heteroatoms. The van der Waals surface area contributed by atoms with E-state index < -0.39 is 47.2 Å². The van der Waals surface area contributed by atoms with Crippen molar-refractivity contribution in [2.24, 2.45) is 11.8 Å². The predicted molar refractivity (Wildman–Crippen MR) is 263 cm³/mol. The van der Waals surface area contributed by atoms with E-state index >= 15 is 0 Å². The molecule has 0 unspecified atom stereocenters. The number of H-pyrrole nitrogens is 3. The first-order valence-electron chi connectivity index (χ1n) is 21.1. The largest absolute Gasteiger partial charge is 0.481 e. The second kappa shape index (κ2) is 29.0. The smallest absolute Gasteiger partial charge is 0.412 e. The summed E-state index contributed by atoms with van der Waals surface area (Å²) in [6, 6.07) is 9.75. The molecule has 370 valence electrons. The number of pyridine rings is 1. The molecule has 0 spiro atoms. The summed E-state index contributed by atoms with van der Waals surface area (Å²) in [4.78, 5) is 74.2. The van der Waals surface area contributed by atoms with E-state index in [0.29, 0.717) is 29.0 Å². The number of aromatic nitrogens is 7. The summed E-state index contributed by atoms with van der Waals surface area (Å²) < 4.78 is 37.8. The third-order valence-corrected chi connectivity index (χ3v) is 10.4. The molecule has 4 heterocycles. The van der Waals surface area contributed by atoms with Crippen LogP contribution in [0.5, 0.6) is 0 Å². The Balaban J connectivity index is 0.000000424. The number of likely N-dealkylation sites (N-methyl/N-ethyl adjacent to an activating group) is 1. The summed E-state index contributed by atoms with van der Waals surface area (Å²) in [5.41, 5.74) is 2.47. The molecule has 0 aliphatic carbocycles. The molecule has 6 N–H and O–H groups in total. The van der Waals surface area contributed by atoms with Gasteiger partial charge in [0.2, 0.25) is 5.91 Å². The van der Waals surface area contributed by atoms with Gasteiger partial charge in [-0.3, -0.25) is 19.7 Å². The number of rotatable bonds is 18. The van der Waals surface area contributed by atoms with Crippen molar-refractivity contribution < 1.29 is 47.6 Å². The Labute approximate surface area is 412 Å². The lowest BCUT2D eigenvalue weighted by molar-refractivity contribution is -0.159. The minimum atomic E-state index is -1.02. The monoisotopic (exact) mass is 1000 g/mol. The molecule has 2 amide bonds. The van der Waals surface area contributed by atoms with Gasteiger partial charge < -0.3 is 39.5 Å². The van der Waals surface area contributed by atoms with Crippen LogP contribution in [-0.4, -0.2) is 106 Å². The highest BCUT2D eigenvalue weighted by Gasteiger charge is 2.26. The number of aliphatic carboxylic acids is 1. The Morgan fingerprint density at radius 1 is 0.868 bits per heavy atom. The molecule has 68 heavy (non-hydrogen) atoms. The molecule has 6 rings (SSSR count). The fraction of sp³-hybridized carbons (Fsp3) is 0.391. The Morgan fingerprint density at radius 2 is 1.49 bits per heavy atom. The zero-order chi connectivity index (χ0) is 48.2. The Morgan fingerprint density at radius 3 is 2.04 bits per heavy atom. The first-order chi connectivity index (χ1) is 31.4. The Hall–Kier alpha value is -6.03. The van der Waals surface area contributed by atoms with Crippen molar-refractivity contribution in [1.29, 1.82) is 0 Å². The van der Waals surface area contributed by atoms with Crippen LogP contribution in [-0.2, 0) is 49.5 Å². The van der Waals surface area contributed by atoms with Gasteiger partial charge in [-0.15, -0.1) is 0 Å². The number of carbonyl (C=O) groups is 4. The topological polar surface area (TPSA) is 241 Å². The SMILES string of the molecule is CC(C)(C)OC(=O)C[C@@H](Cc1cnc[nH]1)C(=O)O.CC[C@H](CO)Cc1cnc[nH]1.CN(C(=O)CCc1cccc(F)c1Cl)[C@H](COC(=O)Nc1cc2cc(F)ccc2cn1)Cc1cnc[nH]1.S.S. The van der Waals surface area contributed by atoms with Gasteiger partial charge in [0.15, 0.2) is 0 Å². The lowest BCUT2D eigenvalue weighted by Gasteiger charge is -2.28. The van der Waals surface area contributed by atoms with Gasteiger partial charge in [0.1, 0.15) is 29.7 Å². The van der Waals surface area contributed by atoms with E-state index in [1.807, 2.05) is 0 Å². The van der Waals surface area contributed by atoms with Crippen LogP contribution in [0.1, 0.15) is 69.6 Å². The van der Waals surface area contributed by atoms with Crippen molar-refractivity contribution in [2.45, 2.75) is 84.3 Å². The van der Waals surface area contributed by atoms with E-state index in [1.54, 1.807) is 70.9 Å². The standard InChI is InChI=1S/C26H24ClF2N5O3.C12H18N2O4.C8H14N2O.2H2S/c1-34(24(35)8-6-16-3-2-4-22(29)25(16)27)21(11-20-13-30-15-32-20)14-37-26(36)33-23-10-18-9-19(28)7-5-17(18)12-31-23;1-12(2,3)18-10(15)5-8(11(16)17)4-9-6-13-7-14-9;1-2-7(5-11)3-8-4-9-6-10-8;;/h2-5,7,9-10,12-13,15,21H,6,8,11,14H2,1H3,(H,30,32)(H,31,33,36);6-8H,4-5H2,1-3H3,(H,13,14)(H,16,17);4,6-7,11H,2-3,5H2,1H3,(H,9,10);2*1H2/t21-;8-;7-;;/m010../s1. The number of imidazole rings is 3. The number of esters is 1. The average Bonchev–Trinajstić information content (AvgIpc) is 4.10. The highest BCUT2D eigenvalue weighted by atomic mass is 35.5. The van der Waals surface area contributed by atoms with Crippen molar-refractivity contribution in [1.82, 2.24) is 39.8 Å². The molecule has 4 aromatic heterocycles. The number of aryl methyl sites for hydroxylation is 1. The number of anilines is 1. The molecule has 0 saturated heterocycles. The van der Waals surface area contributed by atoms with E-state index in [2.05, 4.69) is 47.1 Å². The second-order valence-electron chi connectivity index (χ2n) is 16.3. The lowest BCUT2D eigenvalue weighted by Crippen LogP contribution is -2.42. The van der Waals surface area contributed by atoms with E-state index in [-0.39, 0.29) is 82.6 Å². The molecule has 2 aromatic carbocycles. The maximum atomic E-state index is 13.7. The van der Waals surface area contributed by atoms with Gasteiger partial charge in [0.25, 0.3) is 0 Å². The van der Waals surface area contributed by atoms with Gasteiger partial charge >= 0.3 is 18.0 Å². The van der Waals surface area contributed by atoms with Crippen LogP contribution in [0.2, 0.25) is 5.02 Å². The zero-order valence-corrected chi connectivity index (χ0v) is 41.1. The molecular weight excluding hydrogens is 944 g/mol. The molecule has 0 fully saturated rings. The Kier molecular flexibility index (Phi) is 24.8. The number of amides is 2. The number of fused-ring (bicyclic) bond motifs is 1. The molecule has 0 saturated carbocycles. The number of aliphatic hydroxyl groups excluding tert-OH is 1. The molecular formula is C46H60ClF2N9O8S2. The maximum absolute atomic E-state index is 13.7. The summed E-state index contributed by atoms with van der Waals surface area (Å²) in [6.45, 7) is 7.46. The number of benzene rings is 2. The number of aliphatic hydroxyl groups is 1. The first-order valence-corrected chi connectivity index (χ1v) is 21.5. The summed E-state index contributed by atoms with van der Waals surface area (Å²) in [5.74, 6) is -2.93. The third kappa shape index (κ3) is 20.1. The molecule has 0 aliphatic heterocycles. The number of hydrogen-bond acceptors (Lipinski definition) is 11. The van der Waals surface area contributed by atoms with Crippen LogP contribution >= 0.6 is 38.6 Å². The quantitative estimate of drug-likeness (QED) is 0.0454. The van der Waals surface area contributed by atoms with Crippen molar-refractivity contribution in [3.05, 3.63) is 126 Å². The summed E-state index contributed by atoms with van der Waals surface area (Å²) in [7, 11) is 1.61. The zero-order valence-electron chi connectivity index (χ0n) is 38.4. The molecule has 0 radical (unpaired) electrons. The van der Waals surface area contributed by atoms with Gasteiger partial charge in [-0.05, 0) is 80.8 Å². The summed E-state index contributed by atoms with van der Waals surface area (Å²) in [6.07, 6.45) is 13.1. The van der Waals surface area contributed by atoms with Gasteiger partial charge in [0, 0.05) is 80.2 Å². The van der Waals surface area contributed by atoms with E-state index in [0.717, 1.165) is 29.6 Å². The molecule has 17 nitrogen and oxygen atoms in total. The predicted octanol–water partition coefficient (Wildman–Crippen LogP) is 7.72. The van der Waals surface area contributed by atoms with Crippen LogP contribution in [0.25, 0.3) is 10.8 Å². The number of aromatic amines is 3. The fourth-order valence-corrected chi connectivity index (χ4v) is 6.57. The van der Waals surface area contributed by atoms with Crippen LogP contribution in [0.4, 0.5) is 19.4 Å².